The van der Waals surface area contributed by atoms with Crippen molar-refractivity contribution in [2.45, 2.75) is 52.5 Å². The van der Waals surface area contributed by atoms with Crippen LogP contribution in [-0.4, -0.2) is 18.0 Å². The molecule has 2 aliphatic carbocycles. The number of rotatable bonds is 4. The molecule has 0 amide bonds. The number of aliphatic hydroxyl groups is 1. The Morgan fingerprint density at radius 2 is 1.72 bits per heavy atom. The van der Waals surface area contributed by atoms with Crippen LogP contribution in [-0.2, 0) is 12.8 Å². The molecule has 0 fully saturated rings. The molecule has 0 saturated heterocycles. The Balaban J connectivity index is 1.65. The van der Waals surface area contributed by atoms with Crippen molar-refractivity contribution in [2.75, 3.05) is 0 Å². The molecule has 128 valence electrons. The van der Waals surface area contributed by atoms with Crippen LogP contribution in [0.5, 0.6) is 0 Å². The van der Waals surface area contributed by atoms with E-state index in [1.54, 1.807) is 0 Å². The highest BCUT2D eigenvalue weighted by atomic mass is 16.3. The number of hydrogen-bond donors (Lipinski definition) is 1. The summed E-state index contributed by atoms with van der Waals surface area (Å²) in [6.45, 7) is 8.19. The molecular formula is C23H27BO. The molecule has 2 aromatic rings. The van der Waals surface area contributed by atoms with Gasteiger partial charge in [0.15, 0.2) is 7.28 Å². The first-order valence-electron chi connectivity index (χ1n) is 9.43. The summed E-state index contributed by atoms with van der Waals surface area (Å²) < 4.78 is 0. The lowest BCUT2D eigenvalue weighted by molar-refractivity contribution is -0.0236. The van der Waals surface area contributed by atoms with Crippen LogP contribution in [0.25, 0.3) is 17.2 Å². The fourth-order valence-electron chi connectivity index (χ4n) is 4.13. The molecule has 25 heavy (non-hydrogen) atoms. The van der Waals surface area contributed by atoms with Gasteiger partial charge in [-0.15, -0.1) is 0 Å². The van der Waals surface area contributed by atoms with Crippen molar-refractivity contribution in [3.8, 4) is 11.1 Å². The van der Waals surface area contributed by atoms with E-state index in [0.29, 0.717) is 0 Å². The van der Waals surface area contributed by atoms with Crippen LogP contribution in [0, 0.1) is 5.41 Å². The maximum atomic E-state index is 10.5. The Labute approximate surface area is 152 Å². The van der Waals surface area contributed by atoms with E-state index in [2.05, 4.69) is 56.3 Å². The second-order valence-electron chi connectivity index (χ2n) is 8.83. The van der Waals surface area contributed by atoms with E-state index < -0.39 is 5.60 Å². The van der Waals surface area contributed by atoms with Gasteiger partial charge in [-0.05, 0) is 65.5 Å². The van der Waals surface area contributed by atoms with Gasteiger partial charge in [0.25, 0.3) is 0 Å². The second kappa shape index (κ2) is 5.61. The summed E-state index contributed by atoms with van der Waals surface area (Å²) in [5.74, 6) is 0. The van der Waals surface area contributed by atoms with E-state index in [-0.39, 0.29) is 5.41 Å². The van der Waals surface area contributed by atoms with Gasteiger partial charge in [0.1, 0.15) is 0 Å². The maximum Gasteiger partial charge on any atom is 0.158 e. The summed E-state index contributed by atoms with van der Waals surface area (Å²) in [5.41, 5.74) is 9.49. The first-order valence-corrected chi connectivity index (χ1v) is 9.43. The Morgan fingerprint density at radius 3 is 2.48 bits per heavy atom. The molecule has 0 bridgehead atoms. The molecule has 0 radical (unpaired) electrons. The SMILES string of the molecule is CC(C)(O)C(C)(C)CBc1cccc2c1Cc1c-2ccc2c1CC=C2. The van der Waals surface area contributed by atoms with E-state index >= 15 is 0 Å². The molecule has 2 aromatic carbocycles. The normalized spacial score (nSPS) is 15.1. The van der Waals surface area contributed by atoms with Crippen molar-refractivity contribution in [1.82, 2.24) is 0 Å². The van der Waals surface area contributed by atoms with E-state index in [9.17, 15) is 5.11 Å². The molecule has 0 unspecified atom stereocenters. The first-order chi connectivity index (χ1) is 11.8. The largest absolute Gasteiger partial charge is 0.390 e. The minimum absolute atomic E-state index is 0.105. The van der Waals surface area contributed by atoms with E-state index in [1.165, 1.54) is 38.8 Å². The van der Waals surface area contributed by atoms with Gasteiger partial charge < -0.3 is 5.11 Å². The zero-order chi connectivity index (χ0) is 17.8. The number of allylic oxidation sites excluding steroid dienone is 1. The Morgan fingerprint density at radius 1 is 0.960 bits per heavy atom. The Bertz CT molecular complexity index is 868. The average Bonchev–Trinajstić information content (AvgIpc) is 3.15. The predicted octanol–water partition coefficient (Wildman–Crippen LogP) is 4.10. The first kappa shape index (κ1) is 16.7. The maximum absolute atomic E-state index is 10.5. The lowest BCUT2D eigenvalue weighted by Gasteiger charge is -2.37. The van der Waals surface area contributed by atoms with Crippen LogP contribution in [0.2, 0.25) is 6.32 Å². The second-order valence-corrected chi connectivity index (χ2v) is 8.83. The summed E-state index contributed by atoms with van der Waals surface area (Å²) in [6, 6.07) is 11.3. The van der Waals surface area contributed by atoms with Gasteiger partial charge in [0, 0.05) is 0 Å². The van der Waals surface area contributed by atoms with Crippen LogP contribution in [0.3, 0.4) is 0 Å². The lowest BCUT2D eigenvalue weighted by atomic mass is 9.55. The van der Waals surface area contributed by atoms with Crippen molar-refractivity contribution in [3.05, 3.63) is 58.7 Å². The molecule has 1 N–H and O–H groups in total. The third-order valence-electron chi connectivity index (χ3n) is 6.68. The standard InChI is InChI=1S/C23H27BO/c1-22(2,23(3,4)25)14-24-21-10-6-9-17-18-12-11-15-7-5-8-16(15)19(18)13-20(17)21/h5-7,9-12,24-25H,8,13-14H2,1-4H3. The van der Waals surface area contributed by atoms with E-state index in [4.69, 9.17) is 0 Å². The average molecular weight is 330 g/mol. The number of benzene rings is 2. The molecule has 2 aliphatic rings. The highest BCUT2D eigenvalue weighted by Gasteiger charge is 2.35. The summed E-state index contributed by atoms with van der Waals surface area (Å²) in [7, 11) is 1.02. The van der Waals surface area contributed by atoms with Crippen LogP contribution in [0.15, 0.2) is 36.4 Å². The smallest absolute Gasteiger partial charge is 0.158 e. The van der Waals surface area contributed by atoms with Crippen molar-refractivity contribution < 1.29 is 5.11 Å². The summed E-state index contributed by atoms with van der Waals surface area (Å²) in [5, 5.41) is 10.5. The van der Waals surface area contributed by atoms with E-state index in [1.807, 2.05) is 13.8 Å². The third kappa shape index (κ3) is 2.68. The molecular weight excluding hydrogens is 303 g/mol. The van der Waals surface area contributed by atoms with E-state index in [0.717, 1.165) is 26.4 Å². The van der Waals surface area contributed by atoms with Gasteiger partial charge in [0.2, 0.25) is 0 Å². The van der Waals surface area contributed by atoms with Crippen molar-refractivity contribution in [2.24, 2.45) is 5.41 Å². The fraction of sp³-hybridized carbons (Fsp3) is 0.391. The van der Waals surface area contributed by atoms with Crippen molar-refractivity contribution in [1.29, 1.82) is 0 Å². The molecule has 0 saturated carbocycles. The molecule has 0 spiro atoms. The third-order valence-corrected chi connectivity index (χ3v) is 6.68. The zero-order valence-corrected chi connectivity index (χ0v) is 15.8. The Hall–Kier alpha value is -1.80. The molecule has 0 aromatic heterocycles. The molecule has 2 heteroatoms. The highest BCUT2D eigenvalue weighted by molar-refractivity contribution is 6.54. The lowest BCUT2D eigenvalue weighted by Crippen LogP contribution is -2.41. The molecule has 0 heterocycles. The van der Waals surface area contributed by atoms with Crippen molar-refractivity contribution >= 4 is 18.8 Å². The summed E-state index contributed by atoms with van der Waals surface area (Å²) in [4.78, 5) is 0. The van der Waals surface area contributed by atoms with Gasteiger partial charge >= 0.3 is 0 Å². The van der Waals surface area contributed by atoms with Crippen LogP contribution < -0.4 is 5.46 Å². The predicted molar refractivity (Wildman–Crippen MR) is 109 cm³/mol. The van der Waals surface area contributed by atoms with Crippen LogP contribution in [0.4, 0.5) is 0 Å². The van der Waals surface area contributed by atoms with Gasteiger partial charge in [-0.3, -0.25) is 0 Å². The van der Waals surface area contributed by atoms with Gasteiger partial charge in [-0.25, -0.2) is 0 Å². The van der Waals surface area contributed by atoms with Crippen LogP contribution >= 0.6 is 0 Å². The number of hydrogen-bond acceptors (Lipinski definition) is 1. The molecule has 0 aliphatic heterocycles. The molecule has 0 atom stereocenters. The topological polar surface area (TPSA) is 20.2 Å². The molecule has 4 rings (SSSR count). The van der Waals surface area contributed by atoms with Crippen molar-refractivity contribution in [3.63, 3.8) is 0 Å². The zero-order valence-electron chi connectivity index (χ0n) is 15.8. The van der Waals surface area contributed by atoms with Gasteiger partial charge in [-0.2, -0.15) is 0 Å². The fourth-order valence-corrected chi connectivity index (χ4v) is 4.13. The molecule has 1 nitrogen and oxygen atoms in total. The van der Waals surface area contributed by atoms with Crippen LogP contribution in [0.1, 0.15) is 49.9 Å². The minimum Gasteiger partial charge on any atom is -0.390 e. The minimum atomic E-state index is -0.666. The quantitative estimate of drug-likeness (QED) is 0.714. The summed E-state index contributed by atoms with van der Waals surface area (Å²) in [6.07, 6.45) is 7.66. The highest BCUT2D eigenvalue weighted by Crippen LogP contribution is 2.41. The number of fused-ring (bicyclic) bond motifs is 5. The summed E-state index contributed by atoms with van der Waals surface area (Å²) >= 11 is 0. The van der Waals surface area contributed by atoms with Gasteiger partial charge in [0.05, 0.1) is 5.60 Å². The Kier molecular flexibility index (Phi) is 3.74. The van der Waals surface area contributed by atoms with Gasteiger partial charge in [-0.1, -0.05) is 68.1 Å². The monoisotopic (exact) mass is 330 g/mol.